The van der Waals surface area contributed by atoms with E-state index in [4.69, 9.17) is 4.74 Å². The minimum atomic E-state index is -0.248. The summed E-state index contributed by atoms with van der Waals surface area (Å²) >= 11 is 0. The first-order chi connectivity index (χ1) is 11.4. The van der Waals surface area contributed by atoms with Crippen molar-refractivity contribution in [2.75, 3.05) is 26.7 Å². The molecule has 0 unspecified atom stereocenters. The Kier molecular flexibility index (Phi) is 8.09. The molecular weight excluding hydrogens is 304 g/mol. The molecule has 0 aliphatic carbocycles. The monoisotopic (exact) mass is 334 g/mol. The second-order valence-electron chi connectivity index (χ2n) is 6.48. The van der Waals surface area contributed by atoms with Crippen molar-refractivity contribution in [3.05, 3.63) is 29.8 Å². The lowest BCUT2D eigenvalue weighted by Gasteiger charge is -2.20. The second-order valence-corrected chi connectivity index (χ2v) is 6.48. The zero-order valence-electron chi connectivity index (χ0n) is 15.4. The summed E-state index contributed by atoms with van der Waals surface area (Å²) in [6.45, 7) is 9.38. The molecule has 0 radical (unpaired) electrons. The van der Waals surface area contributed by atoms with Crippen LogP contribution in [0.5, 0.6) is 5.75 Å². The summed E-state index contributed by atoms with van der Waals surface area (Å²) in [6.07, 6.45) is 0.808. The van der Waals surface area contributed by atoms with Crippen LogP contribution in [0.2, 0.25) is 0 Å². The van der Waals surface area contributed by atoms with E-state index in [9.17, 15) is 4.79 Å². The fourth-order valence-electron chi connectivity index (χ4n) is 2.18. The van der Waals surface area contributed by atoms with Crippen molar-refractivity contribution in [3.8, 4) is 5.75 Å². The average molecular weight is 334 g/mol. The molecule has 0 saturated heterocycles. The molecule has 24 heavy (non-hydrogen) atoms. The van der Waals surface area contributed by atoms with Crippen LogP contribution in [0.4, 0.5) is 0 Å². The van der Waals surface area contributed by atoms with Crippen LogP contribution >= 0.6 is 0 Å². The SMILES string of the molecule is CCNC(=NCC(=O)NC(C)(C)C)NCCc1ccccc1OC. The van der Waals surface area contributed by atoms with Crippen molar-refractivity contribution in [1.82, 2.24) is 16.0 Å². The maximum Gasteiger partial charge on any atom is 0.242 e. The van der Waals surface area contributed by atoms with Gasteiger partial charge in [0.05, 0.1) is 7.11 Å². The Labute approximate surface area is 145 Å². The van der Waals surface area contributed by atoms with Crippen LogP contribution in [0.25, 0.3) is 0 Å². The lowest BCUT2D eigenvalue weighted by molar-refractivity contribution is -0.121. The number of para-hydroxylation sites is 1. The Morgan fingerprint density at radius 1 is 1.21 bits per heavy atom. The number of carbonyl (C=O) groups is 1. The molecule has 134 valence electrons. The van der Waals surface area contributed by atoms with Crippen LogP contribution in [0.3, 0.4) is 0 Å². The fraction of sp³-hybridized carbons (Fsp3) is 0.556. The standard InChI is InChI=1S/C18H30N4O2/c1-6-19-17(21-13-16(23)22-18(2,3)4)20-12-11-14-9-7-8-10-15(14)24-5/h7-10H,6,11-13H2,1-5H3,(H,22,23)(H2,19,20,21). The number of aliphatic imine (C=N–C) groups is 1. The highest BCUT2D eigenvalue weighted by Crippen LogP contribution is 2.17. The van der Waals surface area contributed by atoms with E-state index in [0.717, 1.165) is 24.3 Å². The van der Waals surface area contributed by atoms with Gasteiger partial charge in [-0.15, -0.1) is 0 Å². The third-order valence-electron chi connectivity index (χ3n) is 3.12. The van der Waals surface area contributed by atoms with Gasteiger partial charge in [-0.05, 0) is 45.7 Å². The number of hydrogen-bond donors (Lipinski definition) is 3. The lowest BCUT2D eigenvalue weighted by Crippen LogP contribution is -2.43. The number of ether oxygens (including phenoxy) is 1. The van der Waals surface area contributed by atoms with Crippen LogP contribution in [0.1, 0.15) is 33.3 Å². The van der Waals surface area contributed by atoms with Gasteiger partial charge in [0.2, 0.25) is 5.91 Å². The van der Waals surface area contributed by atoms with Gasteiger partial charge < -0.3 is 20.7 Å². The number of guanidine groups is 1. The zero-order valence-corrected chi connectivity index (χ0v) is 15.4. The minimum Gasteiger partial charge on any atom is -0.496 e. The van der Waals surface area contributed by atoms with Gasteiger partial charge in [0.1, 0.15) is 12.3 Å². The Morgan fingerprint density at radius 2 is 1.92 bits per heavy atom. The highest BCUT2D eigenvalue weighted by atomic mass is 16.5. The first kappa shape index (κ1) is 19.8. The molecule has 6 nitrogen and oxygen atoms in total. The molecule has 0 fully saturated rings. The van der Waals surface area contributed by atoms with E-state index in [0.29, 0.717) is 12.5 Å². The van der Waals surface area contributed by atoms with Gasteiger partial charge in [0.25, 0.3) is 0 Å². The highest BCUT2D eigenvalue weighted by molar-refractivity contribution is 5.85. The number of hydrogen-bond acceptors (Lipinski definition) is 3. The van der Waals surface area contributed by atoms with E-state index in [-0.39, 0.29) is 18.0 Å². The molecule has 0 heterocycles. The number of benzene rings is 1. The topological polar surface area (TPSA) is 74.8 Å². The average Bonchev–Trinajstić information content (AvgIpc) is 2.51. The third-order valence-corrected chi connectivity index (χ3v) is 3.12. The number of carbonyl (C=O) groups excluding carboxylic acids is 1. The van der Waals surface area contributed by atoms with Gasteiger partial charge in [-0.25, -0.2) is 4.99 Å². The predicted octanol–water partition coefficient (Wildman–Crippen LogP) is 1.71. The van der Waals surface area contributed by atoms with E-state index >= 15 is 0 Å². The lowest BCUT2D eigenvalue weighted by atomic mass is 10.1. The van der Waals surface area contributed by atoms with Crippen molar-refractivity contribution in [2.24, 2.45) is 4.99 Å². The molecule has 1 aromatic carbocycles. The van der Waals surface area contributed by atoms with Crippen LogP contribution in [0.15, 0.2) is 29.3 Å². The number of amides is 1. The molecule has 1 aromatic rings. The van der Waals surface area contributed by atoms with E-state index in [1.54, 1.807) is 7.11 Å². The summed E-state index contributed by atoms with van der Waals surface area (Å²) in [5, 5.41) is 9.28. The quantitative estimate of drug-likeness (QED) is 0.524. The van der Waals surface area contributed by atoms with Crippen molar-refractivity contribution in [2.45, 2.75) is 39.7 Å². The van der Waals surface area contributed by atoms with Crippen LogP contribution in [-0.4, -0.2) is 44.1 Å². The Balaban J connectivity index is 2.53. The summed E-state index contributed by atoms with van der Waals surface area (Å²) in [4.78, 5) is 16.2. The van der Waals surface area contributed by atoms with Gasteiger partial charge >= 0.3 is 0 Å². The first-order valence-corrected chi connectivity index (χ1v) is 8.31. The fourth-order valence-corrected chi connectivity index (χ4v) is 2.18. The molecule has 0 saturated carbocycles. The summed E-state index contributed by atoms with van der Waals surface area (Å²) in [6, 6.07) is 7.94. The largest absolute Gasteiger partial charge is 0.496 e. The molecule has 3 N–H and O–H groups in total. The molecule has 6 heteroatoms. The van der Waals surface area contributed by atoms with Gasteiger partial charge in [-0.2, -0.15) is 0 Å². The molecular formula is C18H30N4O2. The number of nitrogens with one attached hydrogen (secondary N) is 3. The number of nitrogens with zero attached hydrogens (tertiary/aromatic N) is 1. The number of methoxy groups -OCH3 is 1. The molecule has 0 aliphatic heterocycles. The summed E-state index contributed by atoms with van der Waals surface area (Å²) in [7, 11) is 1.67. The first-order valence-electron chi connectivity index (χ1n) is 8.31. The third kappa shape index (κ3) is 7.85. The smallest absolute Gasteiger partial charge is 0.242 e. The van der Waals surface area contributed by atoms with Crippen molar-refractivity contribution in [3.63, 3.8) is 0 Å². The van der Waals surface area contributed by atoms with Gasteiger partial charge in [0.15, 0.2) is 5.96 Å². The molecule has 0 atom stereocenters. The summed E-state index contributed by atoms with van der Waals surface area (Å²) in [5.41, 5.74) is 0.885. The maximum atomic E-state index is 11.9. The van der Waals surface area contributed by atoms with Crippen LogP contribution < -0.4 is 20.7 Å². The molecule has 0 spiro atoms. The highest BCUT2D eigenvalue weighted by Gasteiger charge is 2.13. The summed E-state index contributed by atoms with van der Waals surface area (Å²) < 4.78 is 5.35. The Morgan fingerprint density at radius 3 is 2.54 bits per heavy atom. The molecule has 1 rings (SSSR count). The maximum absolute atomic E-state index is 11.9. The van der Waals surface area contributed by atoms with Crippen molar-refractivity contribution < 1.29 is 9.53 Å². The summed E-state index contributed by atoms with van der Waals surface area (Å²) in [5.74, 6) is 1.42. The van der Waals surface area contributed by atoms with Crippen molar-refractivity contribution >= 4 is 11.9 Å². The second kappa shape index (κ2) is 9.80. The van der Waals surface area contributed by atoms with Crippen LogP contribution in [0, 0.1) is 0 Å². The van der Waals surface area contributed by atoms with Gasteiger partial charge in [-0.3, -0.25) is 4.79 Å². The molecule has 0 aliphatic rings. The zero-order chi connectivity index (χ0) is 18.0. The number of rotatable bonds is 7. The molecule has 0 aromatic heterocycles. The minimum absolute atomic E-state index is 0.0931. The van der Waals surface area contributed by atoms with E-state index in [1.807, 2.05) is 52.0 Å². The normalized spacial score (nSPS) is 11.8. The van der Waals surface area contributed by atoms with E-state index < -0.39 is 0 Å². The van der Waals surface area contributed by atoms with E-state index in [2.05, 4.69) is 20.9 Å². The van der Waals surface area contributed by atoms with Gasteiger partial charge in [0, 0.05) is 18.6 Å². The van der Waals surface area contributed by atoms with Crippen molar-refractivity contribution in [1.29, 1.82) is 0 Å². The van der Waals surface area contributed by atoms with E-state index in [1.165, 1.54) is 0 Å². The molecule has 1 amide bonds. The Bertz CT molecular complexity index is 550. The van der Waals surface area contributed by atoms with Crippen LogP contribution in [-0.2, 0) is 11.2 Å². The van der Waals surface area contributed by atoms with Gasteiger partial charge in [-0.1, -0.05) is 18.2 Å². The predicted molar refractivity (Wildman–Crippen MR) is 98.6 cm³/mol. The Hall–Kier alpha value is -2.24. The molecule has 0 bridgehead atoms.